The predicted octanol–water partition coefficient (Wildman–Crippen LogP) is 1.82. The molecule has 0 amide bonds. The van der Waals surface area contributed by atoms with E-state index in [0.29, 0.717) is 5.92 Å². The highest BCUT2D eigenvalue weighted by molar-refractivity contribution is 4.62. The van der Waals surface area contributed by atoms with Crippen molar-refractivity contribution in [2.75, 3.05) is 13.7 Å². The van der Waals surface area contributed by atoms with Crippen LogP contribution in [0.4, 0.5) is 0 Å². The standard InChI is InChI=1S/C9H20O2/c1-4-9(8(2)10)6-5-7-11-3/h8-10H,4-7H2,1-3H3. The van der Waals surface area contributed by atoms with Crippen molar-refractivity contribution in [1.82, 2.24) is 0 Å². The van der Waals surface area contributed by atoms with Gasteiger partial charge in [-0.1, -0.05) is 13.3 Å². The van der Waals surface area contributed by atoms with Crippen LogP contribution in [0, 0.1) is 5.92 Å². The van der Waals surface area contributed by atoms with E-state index >= 15 is 0 Å². The van der Waals surface area contributed by atoms with Gasteiger partial charge in [-0.05, 0) is 25.7 Å². The largest absolute Gasteiger partial charge is 0.393 e. The molecule has 0 saturated heterocycles. The molecule has 0 aromatic heterocycles. The Bertz CT molecular complexity index is 81.6. The van der Waals surface area contributed by atoms with Gasteiger partial charge >= 0.3 is 0 Å². The number of aliphatic hydroxyl groups excluding tert-OH is 1. The topological polar surface area (TPSA) is 29.5 Å². The molecule has 68 valence electrons. The van der Waals surface area contributed by atoms with Gasteiger partial charge < -0.3 is 9.84 Å². The van der Waals surface area contributed by atoms with Crippen LogP contribution in [0.5, 0.6) is 0 Å². The zero-order valence-electron chi connectivity index (χ0n) is 7.84. The summed E-state index contributed by atoms with van der Waals surface area (Å²) < 4.78 is 4.93. The molecule has 0 bridgehead atoms. The number of rotatable bonds is 6. The SMILES string of the molecule is CCC(CCCOC)C(C)O. The summed E-state index contributed by atoms with van der Waals surface area (Å²) >= 11 is 0. The molecule has 0 heterocycles. The number of hydrogen-bond acceptors (Lipinski definition) is 2. The lowest BCUT2D eigenvalue weighted by Crippen LogP contribution is -2.16. The van der Waals surface area contributed by atoms with Crippen LogP contribution in [0.3, 0.4) is 0 Å². The Morgan fingerprint density at radius 3 is 2.45 bits per heavy atom. The smallest absolute Gasteiger partial charge is 0.0540 e. The van der Waals surface area contributed by atoms with Crippen molar-refractivity contribution in [2.45, 2.75) is 39.2 Å². The lowest BCUT2D eigenvalue weighted by atomic mass is 9.95. The number of methoxy groups -OCH3 is 1. The first-order valence-electron chi connectivity index (χ1n) is 4.39. The lowest BCUT2D eigenvalue weighted by Gasteiger charge is -2.17. The Morgan fingerprint density at radius 1 is 1.45 bits per heavy atom. The maximum atomic E-state index is 9.27. The van der Waals surface area contributed by atoms with Gasteiger partial charge in [-0.15, -0.1) is 0 Å². The molecular formula is C9H20O2. The summed E-state index contributed by atoms with van der Waals surface area (Å²) in [5.41, 5.74) is 0. The third-order valence-corrected chi connectivity index (χ3v) is 2.13. The summed E-state index contributed by atoms with van der Waals surface area (Å²) in [6.45, 7) is 4.79. The summed E-state index contributed by atoms with van der Waals surface area (Å²) in [5, 5.41) is 9.27. The number of aliphatic hydroxyl groups is 1. The molecule has 0 fully saturated rings. The van der Waals surface area contributed by atoms with Gasteiger partial charge in [0, 0.05) is 13.7 Å². The first kappa shape index (κ1) is 10.9. The minimum atomic E-state index is -0.170. The van der Waals surface area contributed by atoms with Crippen LogP contribution in [-0.4, -0.2) is 24.9 Å². The molecular weight excluding hydrogens is 140 g/mol. The van der Waals surface area contributed by atoms with E-state index in [2.05, 4.69) is 6.92 Å². The molecule has 11 heavy (non-hydrogen) atoms. The minimum absolute atomic E-state index is 0.170. The molecule has 2 unspecified atom stereocenters. The van der Waals surface area contributed by atoms with E-state index in [9.17, 15) is 5.11 Å². The average molecular weight is 160 g/mol. The van der Waals surface area contributed by atoms with Crippen molar-refractivity contribution in [1.29, 1.82) is 0 Å². The maximum absolute atomic E-state index is 9.27. The van der Waals surface area contributed by atoms with Gasteiger partial charge in [0.1, 0.15) is 0 Å². The molecule has 2 heteroatoms. The Labute approximate surface area is 69.6 Å². The molecule has 0 spiro atoms. The molecule has 2 nitrogen and oxygen atoms in total. The van der Waals surface area contributed by atoms with Gasteiger partial charge in [0.25, 0.3) is 0 Å². The third kappa shape index (κ3) is 5.22. The van der Waals surface area contributed by atoms with Crippen LogP contribution >= 0.6 is 0 Å². The van der Waals surface area contributed by atoms with Crippen molar-refractivity contribution in [3.8, 4) is 0 Å². The van der Waals surface area contributed by atoms with Crippen molar-refractivity contribution < 1.29 is 9.84 Å². The van der Waals surface area contributed by atoms with Gasteiger partial charge in [0.15, 0.2) is 0 Å². The zero-order chi connectivity index (χ0) is 8.69. The monoisotopic (exact) mass is 160 g/mol. The number of ether oxygens (including phenoxy) is 1. The van der Waals surface area contributed by atoms with Crippen LogP contribution < -0.4 is 0 Å². The highest BCUT2D eigenvalue weighted by Crippen LogP contribution is 2.14. The van der Waals surface area contributed by atoms with Crippen molar-refractivity contribution in [3.63, 3.8) is 0 Å². The summed E-state index contributed by atoms with van der Waals surface area (Å²) in [4.78, 5) is 0. The number of hydrogen-bond donors (Lipinski definition) is 1. The summed E-state index contributed by atoms with van der Waals surface area (Å²) in [6.07, 6.45) is 3.01. The van der Waals surface area contributed by atoms with Gasteiger partial charge in [0.2, 0.25) is 0 Å². The zero-order valence-corrected chi connectivity index (χ0v) is 7.84. The molecule has 0 aliphatic rings. The molecule has 2 atom stereocenters. The van der Waals surface area contributed by atoms with Crippen LogP contribution in [0.1, 0.15) is 33.1 Å². The second-order valence-electron chi connectivity index (χ2n) is 3.04. The summed E-state index contributed by atoms with van der Waals surface area (Å²) in [5.74, 6) is 0.449. The Balaban J connectivity index is 3.36. The highest BCUT2D eigenvalue weighted by Gasteiger charge is 2.11. The first-order valence-corrected chi connectivity index (χ1v) is 4.39. The van der Waals surface area contributed by atoms with Crippen molar-refractivity contribution >= 4 is 0 Å². The molecule has 0 aromatic carbocycles. The van der Waals surface area contributed by atoms with E-state index < -0.39 is 0 Å². The molecule has 0 aromatic rings. The van der Waals surface area contributed by atoms with Gasteiger partial charge in [-0.25, -0.2) is 0 Å². The molecule has 0 aliphatic heterocycles. The quantitative estimate of drug-likeness (QED) is 0.600. The molecule has 0 aliphatic carbocycles. The fourth-order valence-corrected chi connectivity index (χ4v) is 1.28. The van der Waals surface area contributed by atoms with E-state index in [1.54, 1.807) is 7.11 Å². The molecule has 1 N–H and O–H groups in total. The first-order chi connectivity index (χ1) is 5.22. The van der Waals surface area contributed by atoms with Gasteiger partial charge in [0.05, 0.1) is 6.10 Å². The van der Waals surface area contributed by atoms with Crippen LogP contribution in [0.25, 0.3) is 0 Å². The maximum Gasteiger partial charge on any atom is 0.0540 e. The van der Waals surface area contributed by atoms with E-state index in [4.69, 9.17) is 4.74 Å². The summed E-state index contributed by atoms with van der Waals surface area (Å²) in [7, 11) is 1.71. The summed E-state index contributed by atoms with van der Waals surface area (Å²) in [6, 6.07) is 0. The highest BCUT2D eigenvalue weighted by atomic mass is 16.5. The molecule has 0 saturated carbocycles. The Kier molecular flexibility index (Phi) is 6.57. The lowest BCUT2D eigenvalue weighted by molar-refractivity contribution is 0.107. The van der Waals surface area contributed by atoms with E-state index in [1.165, 1.54) is 0 Å². The fraction of sp³-hybridized carbons (Fsp3) is 1.00. The van der Waals surface area contributed by atoms with Crippen molar-refractivity contribution in [2.24, 2.45) is 5.92 Å². The molecule has 0 radical (unpaired) electrons. The van der Waals surface area contributed by atoms with Crippen LogP contribution in [-0.2, 0) is 4.74 Å². The van der Waals surface area contributed by atoms with Crippen LogP contribution in [0.15, 0.2) is 0 Å². The van der Waals surface area contributed by atoms with E-state index in [-0.39, 0.29) is 6.10 Å². The van der Waals surface area contributed by atoms with Gasteiger partial charge in [-0.3, -0.25) is 0 Å². The molecule has 0 rings (SSSR count). The normalized spacial score (nSPS) is 16.4. The van der Waals surface area contributed by atoms with Crippen LogP contribution in [0.2, 0.25) is 0 Å². The third-order valence-electron chi connectivity index (χ3n) is 2.13. The second kappa shape index (κ2) is 6.62. The Hall–Kier alpha value is -0.0800. The van der Waals surface area contributed by atoms with Gasteiger partial charge in [-0.2, -0.15) is 0 Å². The fourth-order valence-electron chi connectivity index (χ4n) is 1.28. The van der Waals surface area contributed by atoms with Crippen molar-refractivity contribution in [3.05, 3.63) is 0 Å². The second-order valence-corrected chi connectivity index (χ2v) is 3.04. The minimum Gasteiger partial charge on any atom is -0.393 e. The van der Waals surface area contributed by atoms with E-state index in [1.807, 2.05) is 6.92 Å². The predicted molar refractivity (Wildman–Crippen MR) is 46.6 cm³/mol. The Morgan fingerprint density at radius 2 is 2.09 bits per heavy atom. The average Bonchev–Trinajstić information content (AvgIpc) is 1.97. The van der Waals surface area contributed by atoms with E-state index in [0.717, 1.165) is 25.9 Å².